The Morgan fingerprint density at radius 3 is 2.62 bits per heavy atom. The first kappa shape index (κ1) is 15.4. The molecule has 0 aliphatic carbocycles. The number of hydrogen-bond donors (Lipinski definition) is 0. The summed E-state index contributed by atoms with van der Waals surface area (Å²) in [6.45, 7) is 8.03. The van der Waals surface area contributed by atoms with E-state index in [0.717, 1.165) is 33.6 Å². The van der Waals surface area contributed by atoms with E-state index in [2.05, 4.69) is 18.0 Å². The molecule has 110 valence electrons. The van der Waals surface area contributed by atoms with Crippen LogP contribution >= 0.6 is 11.3 Å². The van der Waals surface area contributed by atoms with Gasteiger partial charge >= 0.3 is 5.63 Å². The van der Waals surface area contributed by atoms with Crippen LogP contribution in [0.4, 0.5) is 0 Å². The first-order valence-corrected chi connectivity index (χ1v) is 8.04. The highest BCUT2D eigenvalue weighted by Gasteiger charge is 2.10. The smallest absolute Gasteiger partial charge is 0.336 e. The first-order chi connectivity index (χ1) is 10.2. The molecule has 0 fully saturated rings. The summed E-state index contributed by atoms with van der Waals surface area (Å²) in [7, 11) is 0. The van der Waals surface area contributed by atoms with Gasteiger partial charge in [0.15, 0.2) is 0 Å². The third kappa shape index (κ3) is 3.22. The van der Waals surface area contributed by atoms with E-state index >= 15 is 0 Å². The molecule has 0 saturated carbocycles. The number of rotatable bonds is 2. The molecule has 0 unspecified atom stereocenters. The lowest BCUT2D eigenvalue weighted by molar-refractivity contribution is 0.561. The predicted octanol–water partition coefficient (Wildman–Crippen LogP) is 4.81. The highest BCUT2D eigenvalue weighted by molar-refractivity contribution is 7.09. The van der Waals surface area contributed by atoms with Gasteiger partial charge in [-0.1, -0.05) is 32.9 Å². The van der Waals surface area contributed by atoms with E-state index in [1.165, 1.54) is 6.07 Å². The summed E-state index contributed by atoms with van der Waals surface area (Å²) >= 11 is 1.58. The highest BCUT2D eigenvalue weighted by Crippen LogP contribution is 2.28. The number of thiazole rings is 1. The van der Waals surface area contributed by atoms with Crippen LogP contribution in [0.3, 0.4) is 0 Å². The topological polar surface area (TPSA) is 43.1 Å². The molecule has 2 heterocycles. The Hall–Kier alpha value is -1.94. The van der Waals surface area contributed by atoms with Crippen LogP contribution in [0.1, 0.15) is 31.3 Å². The Morgan fingerprint density at radius 1 is 1.24 bits per heavy atom. The minimum atomic E-state index is -0.332. The summed E-state index contributed by atoms with van der Waals surface area (Å²) in [5.41, 5.74) is 3.14. The number of fused-ring (bicyclic) bond motifs is 1. The molecule has 2 aromatic heterocycles. The van der Waals surface area contributed by atoms with Crippen LogP contribution < -0.4 is 5.63 Å². The van der Waals surface area contributed by atoms with Gasteiger partial charge < -0.3 is 4.42 Å². The lowest BCUT2D eigenvalue weighted by Crippen LogP contribution is -1.98. The first-order valence-electron chi connectivity index (χ1n) is 7.16. The Balaban J connectivity index is 0.000000774. The van der Waals surface area contributed by atoms with E-state index in [1.807, 2.05) is 38.3 Å². The predicted molar refractivity (Wildman–Crippen MR) is 89.1 cm³/mol. The highest BCUT2D eigenvalue weighted by atomic mass is 32.1. The third-order valence-corrected chi connectivity index (χ3v) is 3.89. The molecule has 0 N–H and O–H groups in total. The van der Waals surface area contributed by atoms with Gasteiger partial charge in [-0.25, -0.2) is 9.78 Å². The summed E-state index contributed by atoms with van der Waals surface area (Å²) in [5, 5.41) is 3.89. The van der Waals surface area contributed by atoms with Crippen molar-refractivity contribution in [2.45, 2.75) is 34.1 Å². The van der Waals surface area contributed by atoms with Gasteiger partial charge in [0, 0.05) is 22.4 Å². The van der Waals surface area contributed by atoms with Gasteiger partial charge in [-0.15, -0.1) is 11.3 Å². The molecule has 4 heteroatoms. The van der Waals surface area contributed by atoms with Gasteiger partial charge in [0.25, 0.3) is 0 Å². The second-order valence-electron chi connectivity index (χ2n) is 4.41. The molecule has 0 radical (unpaired) electrons. The molecule has 0 spiro atoms. The fourth-order valence-corrected chi connectivity index (χ4v) is 2.74. The Bertz CT molecular complexity index is 802. The molecule has 0 aliphatic rings. The second-order valence-corrected chi connectivity index (χ2v) is 5.48. The Kier molecular flexibility index (Phi) is 4.91. The van der Waals surface area contributed by atoms with E-state index in [-0.39, 0.29) is 5.63 Å². The van der Waals surface area contributed by atoms with E-state index < -0.39 is 0 Å². The van der Waals surface area contributed by atoms with Crippen LogP contribution in [0.25, 0.3) is 22.2 Å². The average Bonchev–Trinajstić information content (AvgIpc) is 2.94. The molecule has 0 saturated heterocycles. The van der Waals surface area contributed by atoms with Crippen molar-refractivity contribution < 1.29 is 4.42 Å². The normalized spacial score (nSPS) is 10.3. The van der Waals surface area contributed by atoms with E-state index in [0.29, 0.717) is 5.58 Å². The fraction of sp³-hybridized carbons (Fsp3) is 0.294. The van der Waals surface area contributed by atoms with Gasteiger partial charge in [0.05, 0.1) is 10.7 Å². The van der Waals surface area contributed by atoms with Crippen molar-refractivity contribution in [1.29, 1.82) is 0 Å². The molecule has 0 atom stereocenters. The molecule has 3 rings (SSSR count). The number of benzene rings is 1. The third-order valence-electron chi connectivity index (χ3n) is 3.11. The Labute approximate surface area is 128 Å². The summed E-state index contributed by atoms with van der Waals surface area (Å²) in [5.74, 6) is 0. The maximum absolute atomic E-state index is 11.7. The Morgan fingerprint density at radius 2 is 2.00 bits per heavy atom. The van der Waals surface area contributed by atoms with Crippen LogP contribution in [0.5, 0.6) is 0 Å². The number of nitrogens with zero attached hydrogens (tertiary/aromatic N) is 1. The van der Waals surface area contributed by atoms with Crippen molar-refractivity contribution >= 4 is 22.3 Å². The van der Waals surface area contributed by atoms with Crippen molar-refractivity contribution in [1.82, 2.24) is 4.98 Å². The molecular weight excluding hydrogens is 282 g/mol. The van der Waals surface area contributed by atoms with Gasteiger partial charge in [0.2, 0.25) is 0 Å². The summed E-state index contributed by atoms with van der Waals surface area (Å²) in [6, 6.07) is 7.51. The van der Waals surface area contributed by atoms with E-state index in [4.69, 9.17) is 4.42 Å². The monoisotopic (exact) mass is 301 g/mol. The molecule has 3 nitrogen and oxygen atoms in total. The minimum Gasteiger partial charge on any atom is -0.423 e. The van der Waals surface area contributed by atoms with Crippen molar-refractivity contribution in [3.63, 3.8) is 0 Å². The van der Waals surface area contributed by atoms with Crippen molar-refractivity contribution in [3.8, 4) is 11.3 Å². The molecular formula is C17H19NO2S. The zero-order valence-electron chi connectivity index (χ0n) is 12.8. The molecule has 1 aromatic carbocycles. The van der Waals surface area contributed by atoms with Crippen molar-refractivity contribution in [2.24, 2.45) is 0 Å². The van der Waals surface area contributed by atoms with Crippen LogP contribution in [0.15, 0.2) is 38.9 Å². The molecule has 3 aromatic rings. The van der Waals surface area contributed by atoms with E-state index in [1.54, 1.807) is 11.3 Å². The summed E-state index contributed by atoms with van der Waals surface area (Å²) < 4.78 is 5.29. The molecule has 0 bridgehead atoms. The van der Waals surface area contributed by atoms with Crippen LogP contribution in [-0.4, -0.2) is 4.98 Å². The zero-order chi connectivity index (χ0) is 15.4. The standard InChI is InChI=1S/C15H13NO2S.C2H6/c1-3-10-4-5-11-12(13-8-19-9(2)16-13)7-15(17)18-14(11)6-10;1-2/h4-8H,3H2,1-2H3;1-2H3. The van der Waals surface area contributed by atoms with Crippen molar-refractivity contribution in [2.75, 3.05) is 0 Å². The lowest BCUT2D eigenvalue weighted by Gasteiger charge is -2.04. The summed E-state index contributed by atoms with van der Waals surface area (Å²) in [6.07, 6.45) is 0.916. The molecule has 21 heavy (non-hydrogen) atoms. The number of aromatic nitrogens is 1. The fourth-order valence-electron chi connectivity index (χ4n) is 2.13. The molecule has 0 amide bonds. The van der Waals surface area contributed by atoms with Gasteiger partial charge in [-0.05, 0) is 25.0 Å². The minimum absolute atomic E-state index is 0.332. The van der Waals surface area contributed by atoms with Crippen LogP contribution in [-0.2, 0) is 6.42 Å². The van der Waals surface area contributed by atoms with Crippen molar-refractivity contribution in [3.05, 3.63) is 50.6 Å². The summed E-state index contributed by atoms with van der Waals surface area (Å²) in [4.78, 5) is 16.1. The van der Waals surface area contributed by atoms with Crippen LogP contribution in [0, 0.1) is 6.92 Å². The second kappa shape index (κ2) is 6.68. The SMILES string of the molecule is CC.CCc1ccc2c(-c3csc(C)n3)cc(=O)oc2c1. The number of aryl methyl sites for hydroxylation is 2. The maximum atomic E-state index is 11.7. The largest absolute Gasteiger partial charge is 0.423 e. The van der Waals surface area contributed by atoms with Crippen LogP contribution in [0.2, 0.25) is 0 Å². The van der Waals surface area contributed by atoms with E-state index in [9.17, 15) is 4.79 Å². The molecule has 0 aliphatic heterocycles. The lowest BCUT2D eigenvalue weighted by atomic mass is 10.0. The van der Waals surface area contributed by atoms with Gasteiger partial charge in [-0.2, -0.15) is 0 Å². The van der Waals surface area contributed by atoms with Gasteiger partial charge in [0.1, 0.15) is 5.58 Å². The maximum Gasteiger partial charge on any atom is 0.336 e. The quantitative estimate of drug-likeness (QED) is 0.638. The van der Waals surface area contributed by atoms with Gasteiger partial charge in [-0.3, -0.25) is 0 Å². The zero-order valence-corrected chi connectivity index (χ0v) is 13.6. The average molecular weight is 301 g/mol. The number of hydrogen-bond acceptors (Lipinski definition) is 4.